The Morgan fingerprint density at radius 3 is 2.39 bits per heavy atom. The number of carbonyl (C=O) groups is 1. The lowest BCUT2D eigenvalue weighted by Gasteiger charge is -2.32. The summed E-state index contributed by atoms with van der Waals surface area (Å²) in [6, 6.07) is 21.6. The fraction of sp³-hybridized carbons (Fsp3) is 0.136. The largest absolute Gasteiger partial charge is 0.325 e. The average Bonchev–Trinajstić information content (AvgIpc) is 2.71. The normalized spacial score (nSPS) is 14.1. The first-order valence-corrected chi connectivity index (χ1v) is 10.5. The van der Waals surface area contributed by atoms with E-state index in [2.05, 4.69) is 12.2 Å². The van der Waals surface area contributed by atoms with Gasteiger partial charge in [-0.25, -0.2) is 8.42 Å². The maximum Gasteiger partial charge on any atom is 0.265 e. The van der Waals surface area contributed by atoms with E-state index < -0.39 is 10.0 Å². The van der Waals surface area contributed by atoms with Crippen LogP contribution in [0.15, 0.2) is 77.7 Å². The molecule has 1 aliphatic heterocycles. The molecule has 0 unspecified atom stereocenters. The summed E-state index contributed by atoms with van der Waals surface area (Å²) in [6.07, 6.45) is 0.844. The standard InChI is InChI=1S/C22H20N2O3S/c1-2-16-12-13-20-19(14-16)18-10-6-7-11-21(18)28(26,27)24(20)15-22(25)23-17-8-4-3-5-9-17/h3-14H,2,15H2,1H3,(H,23,25). The molecule has 1 aliphatic rings. The van der Waals surface area contributed by atoms with Gasteiger partial charge in [0.15, 0.2) is 0 Å². The molecule has 142 valence electrons. The maximum absolute atomic E-state index is 13.3. The van der Waals surface area contributed by atoms with E-state index in [0.29, 0.717) is 16.9 Å². The molecule has 5 nitrogen and oxygen atoms in total. The van der Waals surface area contributed by atoms with Crippen molar-refractivity contribution in [2.24, 2.45) is 0 Å². The Morgan fingerprint density at radius 2 is 1.64 bits per heavy atom. The molecule has 0 aromatic heterocycles. The third kappa shape index (κ3) is 3.16. The lowest BCUT2D eigenvalue weighted by atomic mass is 9.99. The van der Waals surface area contributed by atoms with Crippen molar-refractivity contribution in [2.45, 2.75) is 18.2 Å². The molecule has 1 N–H and O–H groups in total. The number of hydrogen-bond acceptors (Lipinski definition) is 3. The average molecular weight is 392 g/mol. The van der Waals surface area contributed by atoms with Gasteiger partial charge in [0, 0.05) is 16.8 Å². The molecule has 6 heteroatoms. The molecule has 4 rings (SSSR count). The van der Waals surface area contributed by atoms with Crippen LogP contribution in [0.5, 0.6) is 0 Å². The minimum atomic E-state index is -3.83. The Morgan fingerprint density at radius 1 is 0.929 bits per heavy atom. The van der Waals surface area contributed by atoms with Crippen LogP contribution in [0.4, 0.5) is 11.4 Å². The minimum Gasteiger partial charge on any atom is -0.325 e. The highest BCUT2D eigenvalue weighted by Gasteiger charge is 2.35. The number of sulfonamides is 1. The van der Waals surface area contributed by atoms with Crippen molar-refractivity contribution in [1.29, 1.82) is 0 Å². The molecule has 28 heavy (non-hydrogen) atoms. The predicted octanol–water partition coefficient (Wildman–Crippen LogP) is 4.06. The van der Waals surface area contributed by atoms with Gasteiger partial charge in [-0.3, -0.25) is 9.10 Å². The van der Waals surface area contributed by atoms with Gasteiger partial charge in [-0.05, 0) is 42.3 Å². The number of hydrogen-bond donors (Lipinski definition) is 1. The molecule has 1 amide bonds. The summed E-state index contributed by atoms with van der Waals surface area (Å²) in [5, 5.41) is 2.76. The maximum atomic E-state index is 13.3. The number of anilines is 2. The zero-order valence-electron chi connectivity index (χ0n) is 15.4. The van der Waals surface area contributed by atoms with E-state index in [-0.39, 0.29) is 17.3 Å². The van der Waals surface area contributed by atoms with Gasteiger partial charge in [0.2, 0.25) is 5.91 Å². The number of benzene rings is 3. The van der Waals surface area contributed by atoms with Crippen LogP contribution >= 0.6 is 0 Å². The van der Waals surface area contributed by atoms with Crippen LogP contribution in [0.25, 0.3) is 11.1 Å². The Hall–Kier alpha value is -3.12. The first kappa shape index (κ1) is 18.3. The van der Waals surface area contributed by atoms with Crippen molar-refractivity contribution in [3.63, 3.8) is 0 Å². The fourth-order valence-electron chi connectivity index (χ4n) is 3.42. The molecule has 0 atom stereocenters. The fourth-order valence-corrected chi connectivity index (χ4v) is 5.07. The lowest BCUT2D eigenvalue weighted by Crippen LogP contribution is -2.40. The van der Waals surface area contributed by atoms with Gasteiger partial charge < -0.3 is 5.32 Å². The van der Waals surface area contributed by atoms with Crippen LogP contribution < -0.4 is 9.62 Å². The van der Waals surface area contributed by atoms with Crippen LogP contribution in [0.1, 0.15) is 12.5 Å². The third-order valence-corrected chi connectivity index (χ3v) is 6.65. The lowest BCUT2D eigenvalue weighted by molar-refractivity contribution is -0.114. The van der Waals surface area contributed by atoms with Crippen LogP contribution in [0, 0.1) is 0 Å². The van der Waals surface area contributed by atoms with Gasteiger partial charge in [0.25, 0.3) is 10.0 Å². The summed E-state index contributed by atoms with van der Waals surface area (Å²) in [5.41, 5.74) is 3.77. The number of para-hydroxylation sites is 1. The molecule has 0 saturated heterocycles. The van der Waals surface area contributed by atoms with Crippen LogP contribution in [-0.4, -0.2) is 20.9 Å². The molecule has 3 aromatic rings. The Kier molecular flexibility index (Phi) is 4.65. The Bertz CT molecular complexity index is 1140. The number of nitrogens with one attached hydrogen (secondary N) is 1. The van der Waals surface area contributed by atoms with Crippen molar-refractivity contribution < 1.29 is 13.2 Å². The van der Waals surface area contributed by atoms with E-state index in [1.807, 2.05) is 42.5 Å². The SMILES string of the molecule is CCc1ccc2c(c1)-c1ccccc1S(=O)(=O)N2CC(=O)Nc1ccccc1. The van der Waals surface area contributed by atoms with Crippen molar-refractivity contribution >= 4 is 27.3 Å². The molecule has 0 radical (unpaired) electrons. The molecule has 0 aliphatic carbocycles. The van der Waals surface area contributed by atoms with Crippen molar-refractivity contribution in [3.05, 3.63) is 78.4 Å². The van der Waals surface area contributed by atoms with Gasteiger partial charge in [-0.1, -0.05) is 49.4 Å². The Balaban J connectivity index is 1.76. The molecular formula is C22H20N2O3S. The zero-order valence-corrected chi connectivity index (χ0v) is 16.2. The number of nitrogens with zero attached hydrogens (tertiary/aromatic N) is 1. The topological polar surface area (TPSA) is 66.5 Å². The molecule has 0 bridgehead atoms. The highest BCUT2D eigenvalue weighted by molar-refractivity contribution is 7.93. The number of rotatable bonds is 4. The van der Waals surface area contributed by atoms with Crippen molar-refractivity contribution in [1.82, 2.24) is 0 Å². The van der Waals surface area contributed by atoms with E-state index in [4.69, 9.17) is 0 Å². The smallest absolute Gasteiger partial charge is 0.265 e. The van der Waals surface area contributed by atoms with E-state index in [1.54, 1.807) is 30.3 Å². The number of fused-ring (bicyclic) bond motifs is 3. The van der Waals surface area contributed by atoms with Gasteiger partial charge in [-0.15, -0.1) is 0 Å². The molecule has 3 aromatic carbocycles. The van der Waals surface area contributed by atoms with E-state index >= 15 is 0 Å². The summed E-state index contributed by atoms with van der Waals surface area (Å²) >= 11 is 0. The second-order valence-corrected chi connectivity index (χ2v) is 8.46. The summed E-state index contributed by atoms with van der Waals surface area (Å²) in [5.74, 6) is -0.389. The van der Waals surface area contributed by atoms with Crippen molar-refractivity contribution in [3.8, 4) is 11.1 Å². The minimum absolute atomic E-state index is 0.225. The van der Waals surface area contributed by atoms with Gasteiger partial charge in [0.1, 0.15) is 6.54 Å². The predicted molar refractivity (Wildman–Crippen MR) is 111 cm³/mol. The summed E-state index contributed by atoms with van der Waals surface area (Å²) in [7, 11) is -3.83. The first-order valence-electron chi connectivity index (χ1n) is 9.10. The number of carbonyl (C=O) groups excluding carboxylic acids is 1. The second kappa shape index (κ2) is 7.13. The molecule has 0 saturated carbocycles. The quantitative estimate of drug-likeness (QED) is 0.728. The summed E-state index contributed by atoms with van der Waals surface area (Å²) in [4.78, 5) is 12.8. The highest BCUT2D eigenvalue weighted by atomic mass is 32.2. The van der Waals surface area contributed by atoms with E-state index in [1.165, 1.54) is 4.31 Å². The summed E-state index contributed by atoms with van der Waals surface area (Å²) in [6.45, 7) is 1.77. The third-order valence-electron chi connectivity index (χ3n) is 4.83. The number of aryl methyl sites for hydroxylation is 1. The van der Waals surface area contributed by atoms with Crippen LogP contribution in [0.2, 0.25) is 0 Å². The van der Waals surface area contributed by atoms with Crippen LogP contribution in [-0.2, 0) is 21.2 Å². The zero-order chi connectivity index (χ0) is 19.7. The monoisotopic (exact) mass is 392 g/mol. The Labute approximate surface area is 164 Å². The molecular weight excluding hydrogens is 372 g/mol. The van der Waals surface area contributed by atoms with Gasteiger partial charge >= 0.3 is 0 Å². The molecule has 0 fully saturated rings. The molecule has 0 spiro atoms. The van der Waals surface area contributed by atoms with Gasteiger partial charge in [-0.2, -0.15) is 0 Å². The highest BCUT2D eigenvalue weighted by Crippen LogP contribution is 2.43. The van der Waals surface area contributed by atoms with E-state index in [0.717, 1.165) is 17.5 Å². The van der Waals surface area contributed by atoms with Gasteiger partial charge in [0.05, 0.1) is 10.6 Å². The number of amides is 1. The first-order chi connectivity index (χ1) is 13.5. The van der Waals surface area contributed by atoms with E-state index in [9.17, 15) is 13.2 Å². The van der Waals surface area contributed by atoms with Crippen LogP contribution in [0.3, 0.4) is 0 Å². The second-order valence-electron chi connectivity index (χ2n) is 6.63. The summed E-state index contributed by atoms with van der Waals surface area (Å²) < 4.78 is 27.7. The molecule has 1 heterocycles. The van der Waals surface area contributed by atoms with Crippen molar-refractivity contribution in [2.75, 3.05) is 16.2 Å².